The Labute approximate surface area is 292 Å². The molecule has 0 saturated heterocycles. The molecule has 2 heteroatoms. The van der Waals surface area contributed by atoms with Gasteiger partial charge in [0.15, 0.2) is 0 Å². The standard InChI is InChI=1S/C48H34N2/c1-48(45-25-14-23-41-40-22-11-13-26-46(40)50(47(41)45)36-19-6-3-7-20-36)43-24-12-10-21-39(43)42-32-38(29-30-44(42)48)49(35-17-4-2-5-18-35)37-28-27-33-15-8-9-16-34(33)31-37/h2-32H,1H3. The quantitative estimate of drug-likeness (QED) is 0.182. The zero-order chi connectivity index (χ0) is 33.2. The highest BCUT2D eigenvalue weighted by Gasteiger charge is 2.42. The average molecular weight is 639 g/mol. The molecule has 236 valence electrons. The lowest BCUT2D eigenvalue weighted by molar-refractivity contribution is 0.718. The summed E-state index contributed by atoms with van der Waals surface area (Å²) in [5.74, 6) is 0. The number of fused-ring (bicyclic) bond motifs is 7. The topological polar surface area (TPSA) is 8.17 Å². The Hall–Kier alpha value is -6.38. The van der Waals surface area contributed by atoms with Gasteiger partial charge in [0.2, 0.25) is 0 Å². The molecule has 1 aliphatic rings. The second-order valence-electron chi connectivity index (χ2n) is 13.5. The van der Waals surface area contributed by atoms with E-state index in [9.17, 15) is 0 Å². The van der Waals surface area contributed by atoms with E-state index in [4.69, 9.17) is 0 Å². The first kappa shape index (κ1) is 28.6. The average Bonchev–Trinajstić information content (AvgIpc) is 3.66. The molecular formula is C48H34N2. The predicted octanol–water partition coefficient (Wildman–Crippen LogP) is 12.7. The molecule has 0 bridgehead atoms. The van der Waals surface area contributed by atoms with Gasteiger partial charge in [0.1, 0.15) is 0 Å². The fourth-order valence-corrected chi connectivity index (χ4v) is 8.53. The summed E-state index contributed by atoms with van der Waals surface area (Å²) in [5.41, 5.74) is 13.2. The van der Waals surface area contributed by atoms with Crippen molar-refractivity contribution in [1.82, 2.24) is 4.57 Å². The van der Waals surface area contributed by atoms with Crippen LogP contribution in [0.2, 0.25) is 0 Å². The van der Waals surface area contributed by atoms with Gasteiger partial charge < -0.3 is 9.47 Å². The Kier molecular flexibility index (Phi) is 6.34. The summed E-state index contributed by atoms with van der Waals surface area (Å²) in [4.78, 5) is 2.39. The van der Waals surface area contributed by atoms with Gasteiger partial charge in [-0.15, -0.1) is 0 Å². The Morgan fingerprint density at radius 1 is 0.420 bits per heavy atom. The zero-order valence-corrected chi connectivity index (χ0v) is 27.8. The molecule has 0 saturated carbocycles. The van der Waals surface area contributed by atoms with Crippen LogP contribution in [0.25, 0.3) is 49.4 Å². The molecular weight excluding hydrogens is 605 g/mol. The lowest BCUT2D eigenvalue weighted by Gasteiger charge is -2.31. The van der Waals surface area contributed by atoms with E-state index in [1.54, 1.807) is 0 Å². The molecule has 1 aliphatic carbocycles. The van der Waals surface area contributed by atoms with Crippen LogP contribution in [0.15, 0.2) is 188 Å². The minimum atomic E-state index is -0.384. The van der Waals surface area contributed by atoms with Crippen LogP contribution in [-0.4, -0.2) is 4.57 Å². The van der Waals surface area contributed by atoms with Crippen molar-refractivity contribution in [2.75, 3.05) is 4.90 Å². The Bertz CT molecular complexity index is 2720. The van der Waals surface area contributed by atoms with Crippen LogP contribution in [0.1, 0.15) is 23.6 Å². The Morgan fingerprint density at radius 3 is 1.90 bits per heavy atom. The van der Waals surface area contributed by atoms with Crippen LogP contribution in [0.5, 0.6) is 0 Å². The predicted molar refractivity (Wildman–Crippen MR) is 210 cm³/mol. The fraction of sp³-hybridized carbons (Fsp3) is 0.0417. The highest BCUT2D eigenvalue weighted by atomic mass is 15.1. The maximum Gasteiger partial charge on any atom is 0.0585 e. The van der Waals surface area contributed by atoms with Gasteiger partial charge in [-0.05, 0) is 100 Å². The molecule has 2 nitrogen and oxygen atoms in total. The first-order valence-electron chi connectivity index (χ1n) is 17.4. The molecule has 0 aliphatic heterocycles. The van der Waals surface area contributed by atoms with Crippen molar-refractivity contribution < 1.29 is 0 Å². The van der Waals surface area contributed by atoms with Crippen LogP contribution >= 0.6 is 0 Å². The molecule has 50 heavy (non-hydrogen) atoms. The van der Waals surface area contributed by atoms with E-state index < -0.39 is 0 Å². The number of benzene rings is 8. The molecule has 1 aromatic heterocycles. The Balaban J connectivity index is 1.23. The van der Waals surface area contributed by atoms with Crippen LogP contribution < -0.4 is 4.90 Å². The van der Waals surface area contributed by atoms with E-state index in [0.717, 1.165) is 17.1 Å². The summed E-state index contributed by atoms with van der Waals surface area (Å²) in [6.45, 7) is 2.43. The van der Waals surface area contributed by atoms with Gasteiger partial charge in [-0.2, -0.15) is 0 Å². The van der Waals surface area contributed by atoms with Crippen molar-refractivity contribution in [1.29, 1.82) is 0 Å². The van der Waals surface area contributed by atoms with Crippen LogP contribution in [0.3, 0.4) is 0 Å². The van der Waals surface area contributed by atoms with Gasteiger partial charge in [0.05, 0.1) is 11.0 Å². The van der Waals surface area contributed by atoms with Crippen LogP contribution in [0.4, 0.5) is 17.1 Å². The van der Waals surface area contributed by atoms with E-state index in [2.05, 4.69) is 204 Å². The van der Waals surface area contributed by atoms with Crippen molar-refractivity contribution in [3.8, 4) is 16.8 Å². The third kappa shape index (κ3) is 4.15. The number of para-hydroxylation sites is 4. The lowest BCUT2D eigenvalue weighted by atomic mass is 9.73. The molecule has 0 fully saturated rings. The number of hydrogen-bond acceptors (Lipinski definition) is 1. The van der Waals surface area contributed by atoms with Crippen molar-refractivity contribution in [3.05, 3.63) is 205 Å². The zero-order valence-electron chi connectivity index (χ0n) is 27.8. The number of aromatic nitrogens is 1. The lowest BCUT2D eigenvalue weighted by Crippen LogP contribution is -2.23. The monoisotopic (exact) mass is 638 g/mol. The second-order valence-corrected chi connectivity index (χ2v) is 13.5. The molecule has 1 atom stereocenters. The SMILES string of the molecule is CC1(c2cccc3c4ccccc4n(-c4ccccc4)c23)c2ccccc2-c2cc(N(c3ccccc3)c3ccc4ccccc4c3)ccc21. The first-order valence-corrected chi connectivity index (χ1v) is 17.4. The van der Waals surface area contributed by atoms with E-state index in [0.29, 0.717) is 0 Å². The molecule has 0 amide bonds. The molecule has 1 unspecified atom stereocenters. The van der Waals surface area contributed by atoms with Crippen molar-refractivity contribution in [3.63, 3.8) is 0 Å². The maximum absolute atomic E-state index is 2.47. The summed E-state index contributed by atoms with van der Waals surface area (Å²) in [6.07, 6.45) is 0. The van der Waals surface area contributed by atoms with E-state index in [-0.39, 0.29) is 5.41 Å². The first-order chi connectivity index (χ1) is 24.7. The Morgan fingerprint density at radius 2 is 1.04 bits per heavy atom. The van der Waals surface area contributed by atoms with E-state index in [1.807, 2.05) is 0 Å². The summed E-state index contributed by atoms with van der Waals surface area (Å²) >= 11 is 0. The highest BCUT2D eigenvalue weighted by molar-refractivity contribution is 6.11. The largest absolute Gasteiger partial charge is 0.310 e. The van der Waals surface area contributed by atoms with Gasteiger partial charge in [-0.1, -0.05) is 133 Å². The summed E-state index contributed by atoms with van der Waals surface area (Å²) in [6, 6.07) is 68.7. The normalized spacial score (nSPS) is 15.0. The van der Waals surface area contributed by atoms with Gasteiger partial charge in [0, 0.05) is 38.9 Å². The number of hydrogen-bond donors (Lipinski definition) is 0. The molecule has 10 rings (SSSR count). The number of rotatable bonds is 5. The van der Waals surface area contributed by atoms with Crippen LogP contribution in [-0.2, 0) is 5.41 Å². The van der Waals surface area contributed by atoms with Gasteiger partial charge in [-0.3, -0.25) is 0 Å². The minimum Gasteiger partial charge on any atom is -0.310 e. The van der Waals surface area contributed by atoms with Gasteiger partial charge in [0.25, 0.3) is 0 Å². The summed E-state index contributed by atoms with van der Waals surface area (Å²) in [5, 5.41) is 5.02. The van der Waals surface area contributed by atoms with E-state index in [1.165, 1.54) is 66.1 Å². The van der Waals surface area contributed by atoms with Crippen LogP contribution in [0, 0.1) is 0 Å². The number of nitrogens with zero attached hydrogens (tertiary/aromatic N) is 2. The second kappa shape index (κ2) is 11.1. The van der Waals surface area contributed by atoms with Crippen molar-refractivity contribution in [2.24, 2.45) is 0 Å². The minimum absolute atomic E-state index is 0.384. The molecule has 0 N–H and O–H groups in total. The smallest absolute Gasteiger partial charge is 0.0585 e. The maximum atomic E-state index is 2.47. The van der Waals surface area contributed by atoms with Crippen molar-refractivity contribution in [2.45, 2.75) is 12.3 Å². The fourth-order valence-electron chi connectivity index (χ4n) is 8.53. The summed E-state index contributed by atoms with van der Waals surface area (Å²) in [7, 11) is 0. The van der Waals surface area contributed by atoms with Gasteiger partial charge in [-0.25, -0.2) is 0 Å². The summed E-state index contributed by atoms with van der Waals surface area (Å²) < 4.78 is 2.47. The third-order valence-electron chi connectivity index (χ3n) is 10.8. The highest BCUT2D eigenvalue weighted by Crippen LogP contribution is 2.55. The molecule has 0 spiro atoms. The van der Waals surface area contributed by atoms with E-state index >= 15 is 0 Å². The van der Waals surface area contributed by atoms with Crippen molar-refractivity contribution >= 4 is 49.6 Å². The molecule has 8 aromatic carbocycles. The third-order valence-corrected chi connectivity index (χ3v) is 10.8. The number of anilines is 3. The molecule has 9 aromatic rings. The molecule has 0 radical (unpaired) electrons. The van der Waals surface area contributed by atoms with Gasteiger partial charge >= 0.3 is 0 Å². The molecule has 1 heterocycles.